The molecule has 0 fully saturated rings. The zero-order chi connectivity index (χ0) is 21.9. The number of hydrogen-bond donors (Lipinski definition) is 2. The van der Waals surface area contributed by atoms with Crippen molar-refractivity contribution in [3.8, 4) is 0 Å². The number of rotatable bonds is 7. The van der Waals surface area contributed by atoms with Gasteiger partial charge in [-0.2, -0.15) is 0 Å². The van der Waals surface area contributed by atoms with Gasteiger partial charge < -0.3 is 5.32 Å². The number of primary sulfonamides is 1. The van der Waals surface area contributed by atoms with E-state index in [-0.39, 0.29) is 22.9 Å². The molecule has 3 aromatic rings. The first kappa shape index (κ1) is 21.8. The summed E-state index contributed by atoms with van der Waals surface area (Å²) >= 11 is 1.15. The van der Waals surface area contributed by atoms with Crippen molar-refractivity contribution in [3.63, 3.8) is 0 Å². The van der Waals surface area contributed by atoms with Crippen molar-refractivity contribution in [2.75, 3.05) is 5.32 Å². The number of anilines is 1. The number of fused-ring (bicyclic) bond motifs is 1. The molecule has 0 aliphatic carbocycles. The van der Waals surface area contributed by atoms with Crippen molar-refractivity contribution in [2.45, 2.75) is 28.8 Å². The highest BCUT2D eigenvalue weighted by molar-refractivity contribution is 8.00. The van der Waals surface area contributed by atoms with Crippen molar-refractivity contribution in [3.05, 3.63) is 71.5 Å². The van der Waals surface area contributed by atoms with E-state index in [1.807, 2.05) is 0 Å². The Morgan fingerprint density at radius 1 is 1.27 bits per heavy atom. The predicted molar refractivity (Wildman–Crippen MR) is 118 cm³/mol. The summed E-state index contributed by atoms with van der Waals surface area (Å²) in [5.74, 6) is -0.323. The molecular weight excluding hydrogens is 424 g/mol. The molecule has 1 amide bonds. The number of benzene rings is 2. The van der Waals surface area contributed by atoms with Gasteiger partial charge in [-0.1, -0.05) is 30.0 Å². The normalized spacial score (nSPS) is 12.5. The van der Waals surface area contributed by atoms with Gasteiger partial charge in [0.2, 0.25) is 15.9 Å². The van der Waals surface area contributed by atoms with Gasteiger partial charge in [0, 0.05) is 12.2 Å². The molecule has 0 aliphatic heterocycles. The molecule has 1 unspecified atom stereocenters. The number of nitrogens with one attached hydrogen (secondary N) is 1. The van der Waals surface area contributed by atoms with Crippen LogP contribution in [0.4, 0.5) is 5.69 Å². The maximum absolute atomic E-state index is 12.8. The molecule has 3 N–H and O–H groups in total. The van der Waals surface area contributed by atoms with Gasteiger partial charge in [-0.25, -0.2) is 18.5 Å². The van der Waals surface area contributed by atoms with Crippen molar-refractivity contribution in [1.29, 1.82) is 0 Å². The van der Waals surface area contributed by atoms with Crippen molar-refractivity contribution in [2.24, 2.45) is 5.14 Å². The minimum absolute atomic E-state index is 0.0447. The second-order valence-electron chi connectivity index (χ2n) is 6.43. The van der Waals surface area contributed by atoms with Gasteiger partial charge in [0.15, 0.2) is 5.16 Å². The number of carbonyl (C=O) groups excluding carboxylic acids is 1. The first-order valence-corrected chi connectivity index (χ1v) is 11.3. The molecular formula is C20H20N4O4S2. The molecule has 0 saturated heterocycles. The minimum Gasteiger partial charge on any atom is -0.325 e. The molecule has 1 aromatic heterocycles. The van der Waals surface area contributed by atoms with Crippen LogP contribution < -0.4 is 16.0 Å². The Morgan fingerprint density at radius 3 is 2.57 bits per heavy atom. The van der Waals surface area contributed by atoms with Crippen LogP contribution in [0.2, 0.25) is 0 Å². The Balaban J connectivity index is 1.82. The number of hydrogen-bond acceptors (Lipinski definition) is 6. The number of sulfonamides is 1. The van der Waals surface area contributed by atoms with E-state index >= 15 is 0 Å². The van der Waals surface area contributed by atoms with Gasteiger partial charge in [-0.3, -0.25) is 14.2 Å². The Labute approximate surface area is 177 Å². The zero-order valence-electron chi connectivity index (χ0n) is 16.1. The van der Waals surface area contributed by atoms with Gasteiger partial charge in [0.1, 0.15) is 0 Å². The van der Waals surface area contributed by atoms with E-state index in [1.165, 1.54) is 28.8 Å². The maximum Gasteiger partial charge on any atom is 0.262 e. The van der Waals surface area contributed by atoms with Crippen LogP contribution in [0.1, 0.15) is 6.92 Å². The molecule has 156 valence electrons. The number of thioether (sulfide) groups is 1. The lowest BCUT2D eigenvalue weighted by molar-refractivity contribution is -0.115. The molecule has 0 aliphatic rings. The third-order valence-electron chi connectivity index (χ3n) is 4.24. The topological polar surface area (TPSA) is 124 Å². The summed E-state index contributed by atoms with van der Waals surface area (Å²) in [6.07, 6.45) is 1.60. The molecule has 2 aromatic carbocycles. The van der Waals surface area contributed by atoms with Gasteiger partial charge in [-0.15, -0.1) is 6.58 Å². The van der Waals surface area contributed by atoms with Crippen LogP contribution >= 0.6 is 11.8 Å². The fraction of sp³-hybridized carbons (Fsp3) is 0.150. The average Bonchev–Trinajstić information content (AvgIpc) is 2.70. The van der Waals surface area contributed by atoms with Crippen LogP contribution in [0, 0.1) is 0 Å². The first-order valence-electron chi connectivity index (χ1n) is 8.91. The largest absolute Gasteiger partial charge is 0.325 e. The van der Waals surface area contributed by atoms with E-state index in [9.17, 15) is 18.0 Å². The predicted octanol–water partition coefficient (Wildman–Crippen LogP) is 2.35. The summed E-state index contributed by atoms with van der Waals surface area (Å²) in [5, 5.41) is 8.11. The van der Waals surface area contributed by atoms with E-state index in [1.54, 1.807) is 37.3 Å². The summed E-state index contributed by atoms with van der Waals surface area (Å²) in [5.41, 5.74) is 0.778. The smallest absolute Gasteiger partial charge is 0.262 e. The van der Waals surface area contributed by atoms with Crippen LogP contribution in [-0.4, -0.2) is 29.1 Å². The highest BCUT2D eigenvalue weighted by atomic mass is 32.2. The lowest BCUT2D eigenvalue weighted by Crippen LogP contribution is -2.26. The SMILES string of the molecule is C=CCn1c(SC(C)C(=O)Nc2ccc(S(N)(=O)=O)cc2)nc2ccccc2c1=O. The number of nitrogens with two attached hydrogens (primary N) is 1. The Kier molecular flexibility index (Phi) is 6.40. The molecule has 0 bridgehead atoms. The molecule has 1 atom stereocenters. The summed E-state index contributed by atoms with van der Waals surface area (Å²) < 4.78 is 24.1. The molecule has 1 heterocycles. The summed E-state index contributed by atoms with van der Waals surface area (Å²) in [4.78, 5) is 29.9. The van der Waals surface area contributed by atoms with E-state index in [0.29, 0.717) is 21.7 Å². The van der Waals surface area contributed by atoms with Crippen molar-refractivity contribution in [1.82, 2.24) is 9.55 Å². The van der Waals surface area contributed by atoms with Crippen LogP contribution in [0.15, 0.2) is 76.0 Å². The number of para-hydroxylation sites is 1. The second kappa shape index (κ2) is 8.82. The van der Waals surface area contributed by atoms with Crippen molar-refractivity contribution < 1.29 is 13.2 Å². The van der Waals surface area contributed by atoms with Crippen LogP contribution in [0.3, 0.4) is 0 Å². The van der Waals surface area contributed by atoms with E-state index in [0.717, 1.165) is 11.8 Å². The van der Waals surface area contributed by atoms with Gasteiger partial charge in [0.25, 0.3) is 5.56 Å². The number of carbonyl (C=O) groups is 1. The third kappa shape index (κ3) is 4.78. The summed E-state index contributed by atoms with van der Waals surface area (Å²) in [7, 11) is -3.80. The molecule has 30 heavy (non-hydrogen) atoms. The highest BCUT2D eigenvalue weighted by Gasteiger charge is 2.19. The molecule has 0 saturated carbocycles. The Morgan fingerprint density at radius 2 is 1.93 bits per heavy atom. The van der Waals surface area contributed by atoms with E-state index in [4.69, 9.17) is 5.14 Å². The van der Waals surface area contributed by atoms with Gasteiger partial charge in [-0.05, 0) is 43.3 Å². The number of amides is 1. The van der Waals surface area contributed by atoms with E-state index in [2.05, 4.69) is 16.9 Å². The van der Waals surface area contributed by atoms with Crippen LogP contribution in [-0.2, 0) is 21.4 Å². The summed E-state index contributed by atoms with van der Waals surface area (Å²) in [6.45, 7) is 5.64. The number of nitrogens with zero attached hydrogens (tertiary/aromatic N) is 2. The van der Waals surface area contributed by atoms with Gasteiger partial charge >= 0.3 is 0 Å². The second-order valence-corrected chi connectivity index (χ2v) is 9.30. The fourth-order valence-electron chi connectivity index (χ4n) is 2.71. The van der Waals surface area contributed by atoms with Crippen LogP contribution in [0.25, 0.3) is 10.9 Å². The standard InChI is InChI=1S/C20H20N4O4S2/c1-3-12-24-19(26)16-6-4-5-7-17(16)23-20(24)29-13(2)18(25)22-14-8-10-15(11-9-14)30(21,27)28/h3-11,13H,1,12H2,2H3,(H,22,25)(H2,21,27,28). The number of aromatic nitrogens is 2. The molecule has 0 spiro atoms. The Hall–Kier alpha value is -2.95. The number of allylic oxidation sites excluding steroid dienone is 1. The zero-order valence-corrected chi connectivity index (χ0v) is 17.7. The highest BCUT2D eigenvalue weighted by Crippen LogP contribution is 2.24. The average molecular weight is 445 g/mol. The quantitative estimate of drug-likeness (QED) is 0.327. The monoisotopic (exact) mass is 444 g/mol. The lowest BCUT2D eigenvalue weighted by Gasteiger charge is -2.15. The van der Waals surface area contributed by atoms with E-state index < -0.39 is 15.3 Å². The molecule has 0 radical (unpaired) electrons. The molecule has 3 rings (SSSR count). The molecule has 8 nitrogen and oxygen atoms in total. The fourth-order valence-corrected chi connectivity index (χ4v) is 4.14. The van der Waals surface area contributed by atoms with Gasteiger partial charge in [0.05, 0.1) is 21.0 Å². The first-order chi connectivity index (χ1) is 14.2. The maximum atomic E-state index is 12.8. The van der Waals surface area contributed by atoms with Crippen LogP contribution in [0.5, 0.6) is 0 Å². The summed E-state index contributed by atoms with van der Waals surface area (Å²) in [6, 6.07) is 12.6. The third-order valence-corrected chi connectivity index (χ3v) is 6.26. The van der Waals surface area contributed by atoms with Crippen molar-refractivity contribution >= 4 is 44.3 Å². The lowest BCUT2D eigenvalue weighted by atomic mass is 10.2. The minimum atomic E-state index is -3.80. The Bertz CT molecular complexity index is 1270. The molecule has 10 heteroatoms.